The maximum Gasteiger partial charge on any atom is 0.238 e. The number of ether oxygens (including phenoxy) is 1. The van der Waals surface area contributed by atoms with Crippen LogP contribution in [0.2, 0.25) is 5.02 Å². The van der Waals surface area contributed by atoms with Crippen molar-refractivity contribution in [3.05, 3.63) is 11.3 Å². The van der Waals surface area contributed by atoms with Gasteiger partial charge in [-0.1, -0.05) is 11.6 Å². The molecule has 1 rings (SSSR count). The summed E-state index contributed by atoms with van der Waals surface area (Å²) in [6.45, 7) is 5.71. The number of rotatable bonds is 1. The first-order valence-corrected chi connectivity index (χ1v) is 4.23. The molecule has 4 nitrogen and oxygen atoms in total. The minimum Gasteiger partial charge on any atom is -0.471 e. The Morgan fingerprint density at radius 1 is 1.38 bits per heavy atom. The van der Waals surface area contributed by atoms with E-state index in [0.29, 0.717) is 5.88 Å². The lowest BCUT2D eigenvalue weighted by atomic mass is 10.2. The maximum atomic E-state index is 5.82. The van der Waals surface area contributed by atoms with Crippen LogP contribution in [0.1, 0.15) is 20.8 Å². The van der Waals surface area contributed by atoms with E-state index in [1.807, 2.05) is 20.8 Å². The molecule has 0 radical (unpaired) electrons. The fourth-order valence-corrected chi connectivity index (χ4v) is 0.864. The minimum absolute atomic E-state index is 0.232. The van der Waals surface area contributed by atoms with Crippen LogP contribution < -0.4 is 10.5 Å². The molecule has 0 saturated carbocycles. The Balaban J connectivity index is 2.96. The van der Waals surface area contributed by atoms with E-state index in [4.69, 9.17) is 22.1 Å². The number of nitrogen functional groups attached to an aromatic ring is 1. The molecule has 0 unspecified atom stereocenters. The van der Waals surface area contributed by atoms with E-state index in [1.165, 1.54) is 6.33 Å². The van der Waals surface area contributed by atoms with Gasteiger partial charge in [-0.25, -0.2) is 9.97 Å². The fraction of sp³-hybridized carbons (Fsp3) is 0.500. The number of halogens is 1. The monoisotopic (exact) mass is 201 g/mol. The minimum atomic E-state index is -0.343. The number of nitrogens with zero attached hydrogens (tertiary/aromatic N) is 2. The summed E-state index contributed by atoms with van der Waals surface area (Å²) in [5.74, 6) is 0.553. The van der Waals surface area contributed by atoms with Crippen molar-refractivity contribution < 1.29 is 4.74 Å². The van der Waals surface area contributed by atoms with Crippen LogP contribution in [-0.4, -0.2) is 15.6 Å². The second-order valence-electron chi connectivity index (χ2n) is 3.59. The molecule has 0 aliphatic rings. The van der Waals surface area contributed by atoms with Crippen LogP contribution in [0, 0.1) is 0 Å². The number of anilines is 1. The van der Waals surface area contributed by atoms with Crippen molar-refractivity contribution in [3.8, 4) is 5.88 Å². The first-order valence-electron chi connectivity index (χ1n) is 3.85. The molecule has 13 heavy (non-hydrogen) atoms. The lowest BCUT2D eigenvalue weighted by molar-refractivity contribution is 0.124. The van der Waals surface area contributed by atoms with E-state index in [0.717, 1.165) is 0 Å². The van der Waals surface area contributed by atoms with Gasteiger partial charge in [0.2, 0.25) is 5.88 Å². The van der Waals surface area contributed by atoms with E-state index < -0.39 is 0 Å². The van der Waals surface area contributed by atoms with E-state index >= 15 is 0 Å². The molecule has 2 N–H and O–H groups in total. The van der Waals surface area contributed by atoms with Crippen molar-refractivity contribution in [2.45, 2.75) is 26.4 Å². The number of aromatic nitrogens is 2. The van der Waals surface area contributed by atoms with Crippen LogP contribution in [0.25, 0.3) is 0 Å². The zero-order chi connectivity index (χ0) is 10.1. The van der Waals surface area contributed by atoms with Crippen molar-refractivity contribution in [1.82, 2.24) is 9.97 Å². The molecule has 1 heterocycles. The highest BCUT2D eigenvalue weighted by molar-refractivity contribution is 6.33. The van der Waals surface area contributed by atoms with Crippen molar-refractivity contribution in [2.24, 2.45) is 0 Å². The van der Waals surface area contributed by atoms with Crippen molar-refractivity contribution in [3.63, 3.8) is 0 Å². The van der Waals surface area contributed by atoms with Crippen molar-refractivity contribution in [1.29, 1.82) is 0 Å². The summed E-state index contributed by atoms with van der Waals surface area (Å²) in [7, 11) is 0. The Kier molecular flexibility index (Phi) is 2.61. The molecule has 0 aliphatic carbocycles. The standard InChI is InChI=1S/C8H12ClN3O/c1-8(2,3)13-7-5(9)6(10)11-4-12-7/h4H,1-3H3,(H2,10,11,12). The Morgan fingerprint density at radius 3 is 2.54 bits per heavy atom. The average Bonchev–Trinajstić information content (AvgIpc) is 1.96. The summed E-state index contributed by atoms with van der Waals surface area (Å²) < 4.78 is 5.45. The lowest BCUT2D eigenvalue weighted by Crippen LogP contribution is -2.24. The molecular formula is C8H12ClN3O. The first kappa shape index (κ1) is 10.1. The van der Waals surface area contributed by atoms with Crippen LogP contribution in [0.4, 0.5) is 5.82 Å². The second-order valence-corrected chi connectivity index (χ2v) is 3.97. The molecule has 1 aromatic heterocycles. The summed E-state index contributed by atoms with van der Waals surface area (Å²) >= 11 is 5.82. The van der Waals surface area contributed by atoms with Gasteiger partial charge in [0.15, 0.2) is 0 Å². The van der Waals surface area contributed by atoms with Gasteiger partial charge < -0.3 is 10.5 Å². The van der Waals surface area contributed by atoms with Crippen LogP contribution in [0.15, 0.2) is 6.33 Å². The van der Waals surface area contributed by atoms with Gasteiger partial charge in [0.05, 0.1) is 0 Å². The average molecular weight is 202 g/mol. The predicted octanol–water partition coefficient (Wildman–Crippen LogP) is 1.89. The molecule has 1 aromatic rings. The summed E-state index contributed by atoms with van der Waals surface area (Å²) in [4.78, 5) is 7.60. The van der Waals surface area contributed by atoms with Gasteiger partial charge in [-0.15, -0.1) is 0 Å². The molecule has 0 aliphatic heterocycles. The molecule has 0 spiro atoms. The number of hydrogen-bond donors (Lipinski definition) is 1. The Bertz CT molecular complexity index is 309. The van der Waals surface area contributed by atoms with Crippen LogP contribution in [-0.2, 0) is 0 Å². The third-order valence-electron chi connectivity index (χ3n) is 1.19. The molecule has 0 amide bonds. The van der Waals surface area contributed by atoms with Gasteiger partial charge in [0, 0.05) is 0 Å². The highest BCUT2D eigenvalue weighted by Gasteiger charge is 2.16. The lowest BCUT2D eigenvalue weighted by Gasteiger charge is -2.20. The van der Waals surface area contributed by atoms with Crippen molar-refractivity contribution in [2.75, 3.05) is 5.73 Å². The Labute approximate surface area is 82.1 Å². The molecule has 0 bridgehead atoms. The van der Waals surface area contributed by atoms with Gasteiger partial charge in [0.1, 0.15) is 22.8 Å². The van der Waals surface area contributed by atoms with Gasteiger partial charge in [-0.2, -0.15) is 0 Å². The third kappa shape index (κ3) is 2.73. The normalized spacial score (nSPS) is 11.4. The van der Waals surface area contributed by atoms with Gasteiger partial charge in [-0.05, 0) is 20.8 Å². The van der Waals surface area contributed by atoms with E-state index in [1.54, 1.807) is 0 Å². The zero-order valence-electron chi connectivity index (χ0n) is 7.84. The predicted molar refractivity (Wildman–Crippen MR) is 51.8 cm³/mol. The van der Waals surface area contributed by atoms with E-state index in [9.17, 15) is 0 Å². The van der Waals surface area contributed by atoms with Crippen LogP contribution in [0.3, 0.4) is 0 Å². The third-order valence-corrected chi connectivity index (χ3v) is 1.54. The molecule has 0 saturated heterocycles. The van der Waals surface area contributed by atoms with Gasteiger partial charge in [-0.3, -0.25) is 0 Å². The fourth-order valence-electron chi connectivity index (χ4n) is 0.728. The quantitative estimate of drug-likeness (QED) is 0.754. The summed E-state index contributed by atoms with van der Waals surface area (Å²) in [6, 6.07) is 0. The Morgan fingerprint density at radius 2 is 2.00 bits per heavy atom. The number of hydrogen-bond acceptors (Lipinski definition) is 4. The van der Waals surface area contributed by atoms with E-state index in [2.05, 4.69) is 9.97 Å². The van der Waals surface area contributed by atoms with Gasteiger partial charge >= 0.3 is 0 Å². The van der Waals surface area contributed by atoms with E-state index in [-0.39, 0.29) is 16.4 Å². The van der Waals surface area contributed by atoms with Crippen LogP contribution in [0.5, 0.6) is 5.88 Å². The summed E-state index contributed by atoms with van der Waals surface area (Å²) in [5, 5.41) is 0.262. The Hall–Kier alpha value is -1.03. The molecule has 72 valence electrons. The SMILES string of the molecule is CC(C)(C)Oc1ncnc(N)c1Cl. The highest BCUT2D eigenvalue weighted by Crippen LogP contribution is 2.28. The second kappa shape index (κ2) is 3.38. The maximum absolute atomic E-state index is 5.82. The van der Waals surface area contributed by atoms with Crippen molar-refractivity contribution >= 4 is 17.4 Å². The zero-order valence-corrected chi connectivity index (χ0v) is 8.59. The topological polar surface area (TPSA) is 61.0 Å². The highest BCUT2D eigenvalue weighted by atomic mass is 35.5. The molecule has 0 atom stereocenters. The molecule has 0 aromatic carbocycles. The van der Waals surface area contributed by atoms with Gasteiger partial charge in [0.25, 0.3) is 0 Å². The largest absolute Gasteiger partial charge is 0.471 e. The first-order chi connectivity index (χ1) is 5.90. The summed E-state index contributed by atoms with van der Waals surface area (Å²) in [6.07, 6.45) is 1.32. The summed E-state index contributed by atoms with van der Waals surface area (Å²) in [5.41, 5.74) is 5.13. The molecular weight excluding hydrogens is 190 g/mol. The molecule has 5 heteroatoms. The molecule has 0 fully saturated rings. The number of nitrogens with two attached hydrogens (primary N) is 1. The van der Waals surface area contributed by atoms with Crippen LogP contribution >= 0.6 is 11.6 Å². The smallest absolute Gasteiger partial charge is 0.238 e.